The Balaban J connectivity index is 2.56. The second kappa shape index (κ2) is 7.85. The fourth-order valence-electron chi connectivity index (χ4n) is 1.84. The number of anilines is 1. The Morgan fingerprint density at radius 1 is 1.35 bits per heavy atom. The van der Waals surface area contributed by atoms with Crippen LogP contribution in [0, 0.1) is 5.92 Å². The van der Waals surface area contributed by atoms with E-state index < -0.39 is 0 Å². The van der Waals surface area contributed by atoms with Crippen LogP contribution >= 0.6 is 0 Å². The molecule has 0 aliphatic rings. The first kappa shape index (κ1) is 16.4. The zero-order valence-corrected chi connectivity index (χ0v) is 12.9. The van der Waals surface area contributed by atoms with Gasteiger partial charge in [-0.2, -0.15) is 0 Å². The number of nitrogens with one attached hydrogen (secondary N) is 1. The van der Waals surface area contributed by atoms with E-state index in [0.717, 1.165) is 24.5 Å². The lowest BCUT2D eigenvalue weighted by molar-refractivity contribution is -0.125. The van der Waals surface area contributed by atoms with Gasteiger partial charge in [0, 0.05) is 37.8 Å². The number of nitrogens with zero attached hydrogens (tertiary/aromatic N) is 2. The van der Waals surface area contributed by atoms with Gasteiger partial charge in [-0.25, -0.2) is 4.98 Å². The predicted octanol–water partition coefficient (Wildman–Crippen LogP) is 1.53. The summed E-state index contributed by atoms with van der Waals surface area (Å²) in [5.74, 6) is 0.764. The molecule has 0 radical (unpaired) electrons. The van der Waals surface area contributed by atoms with Gasteiger partial charge in [0.15, 0.2) is 0 Å². The second-order valence-corrected chi connectivity index (χ2v) is 5.06. The van der Waals surface area contributed by atoms with Gasteiger partial charge < -0.3 is 16.0 Å². The van der Waals surface area contributed by atoms with Crippen molar-refractivity contribution < 1.29 is 4.79 Å². The van der Waals surface area contributed by atoms with Gasteiger partial charge in [0.05, 0.1) is 0 Å². The molecule has 3 N–H and O–H groups in total. The van der Waals surface area contributed by atoms with Crippen molar-refractivity contribution in [1.29, 1.82) is 0 Å². The normalized spacial score (nSPS) is 13.7. The minimum atomic E-state index is -0.182. The van der Waals surface area contributed by atoms with E-state index in [0.29, 0.717) is 6.54 Å². The van der Waals surface area contributed by atoms with Gasteiger partial charge in [-0.1, -0.05) is 13.0 Å². The molecule has 1 rings (SSSR count). The molecule has 112 valence electrons. The topological polar surface area (TPSA) is 71.2 Å². The van der Waals surface area contributed by atoms with Crippen LogP contribution < -0.4 is 16.0 Å². The minimum absolute atomic E-state index is 0.0205. The maximum Gasteiger partial charge on any atom is 0.224 e. The molecule has 1 amide bonds. The Bertz CT molecular complexity index is 412. The Morgan fingerprint density at radius 2 is 2.00 bits per heavy atom. The number of carbonyl (C=O) groups excluding carboxylic acids is 1. The summed E-state index contributed by atoms with van der Waals surface area (Å²) in [5, 5.41) is 2.88. The summed E-state index contributed by atoms with van der Waals surface area (Å²) in [4.78, 5) is 18.4. The highest BCUT2D eigenvalue weighted by atomic mass is 16.1. The summed E-state index contributed by atoms with van der Waals surface area (Å²) >= 11 is 0. The number of hydrogen-bond donors (Lipinski definition) is 2. The van der Waals surface area contributed by atoms with E-state index in [-0.39, 0.29) is 17.9 Å². The van der Waals surface area contributed by atoms with Gasteiger partial charge in [-0.15, -0.1) is 0 Å². The van der Waals surface area contributed by atoms with Crippen molar-refractivity contribution in [1.82, 2.24) is 10.3 Å². The van der Waals surface area contributed by atoms with Gasteiger partial charge in [0.1, 0.15) is 5.82 Å². The van der Waals surface area contributed by atoms with E-state index in [9.17, 15) is 4.79 Å². The summed E-state index contributed by atoms with van der Waals surface area (Å²) in [7, 11) is 0. The van der Waals surface area contributed by atoms with Crippen LogP contribution in [0.3, 0.4) is 0 Å². The Labute approximate surface area is 121 Å². The van der Waals surface area contributed by atoms with Crippen molar-refractivity contribution in [3.8, 4) is 0 Å². The Hall–Kier alpha value is -1.62. The van der Waals surface area contributed by atoms with Gasteiger partial charge in [0.2, 0.25) is 5.91 Å². The number of rotatable bonds is 7. The number of hydrogen-bond acceptors (Lipinski definition) is 4. The molecule has 0 aliphatic carbocycles. The predicted molar refractivity (Wildman–Crippen MR) is 82.5 cm³/mol. The molecule has 5 nitrogen and oxygen atoms in total. The van der Waals surface area contributed by atoms with Crippen LogP contribution in [-0.2, 0) is 11.3 Å². The van der Waals surface area contributed by atoms with Crippen molar-refractivity contribution in [3.63, 3.8) is 0 Å². The smallest absolute Gasteiger partial charge is 0.224 e. The average molecular weight is 278 g/mol. The van der Waals surface area contributed by atoms with Crippen LogP contribution in [0.4, 0.5) is 5.82 Å². The standard InChI is InChI=1S/C15H26N4O/c1-5-19(6-2)14-8-7-13(9-17-14)10-18-15(20)11(3)12(4)16/h7-9,11-12H,5-6,10,16H2,1-4H3,(H,18,20). The van der Waals surface area contributed by atoms with Crippen LogP contribution in [-0.4, -0.2) is 30.0 Å². The zero-order valence-electron chi connectivity index (χ0n) is 12.9. The van der Waals surface area contributed by atoms with Gasteiger partial charge in [-0.05, 0) is 32.4 Å². The molecular formula is C15H26N4O. The average Bonchev–Trinajstić information content (AvgIpc) is 2.46. The van der Waals surface area contributed by atoms with E-state index in [1.807, 2.05) is 32.2 Å². The van der Waals surface area contributed by atoms with Crippen molar-refractivity contribution in [2.45, 2.75) is 40.3 Å². The van der Waals surface area contributed by atoms with Gasteiger partial charge >= 0.3 is 0 Å². The van der Waals surface area contributed by atoms with E-state index in [1.165, 1.54) is 0 Å². The van der Waals surface area contributed by atoms with Crippen LogP contribution in [0.15, 0.2) is 18.3 Å². The molecule has 1 aromatic rings. The molecule has 5 heteroatoms. The maximum atomic E-state index is 11.8. The largest absolute Gasteiger partial charge is 0.357 e. The number of carbonyl (C=O) groups is 1. The third-order valence-corrected chi connectivity index (χ3v) is 3.57. The summed E-state index contributed by atoms with van der Waals surface area (Å²) in [6.07, 6.45) is 1.81. The number of amides is 1. The Kier molecular flexibility index (Phi) is 6.45. The molecular weight excluding hydrogens is 252 g/mol. The third kappa shape index (κ3) is 4.49. The summed E-state index contributed by atoms with van der Waals surface area (Å²) < 4.78 is 0. The third-order valence-electron chi connectivity index (χ3n) is 3.57. The molecule has 0 aliphatic heterocycles. The molecule has 0 bridgehead atoms. The maximum absolute atomic E-state index is 11.8. The molecule has 0 saturated carbocycles. The van der Waals surface area contributed by atoms with Crippen LogP contribution in [0.2, 0.25) is 0 Å². The molecule has 0 fully saturated rings. The molecule has 0 aromatic carbocycles. The molecule has 0 spiro atoms. The quantitative estimate of drug-likeness (QED) is 0.793. The lowest BCUT2D eigenvalue weighted by atomic mass is 10.0. The first-order chi connectivity index (χ1) is 9.49. The van der Waals surface area contributed by atoms with Crippen molar-refractivity contribution >= 4 is 11.7 Å². The summed E-state index contributed by atoms with van der Waals surface area (Å²) in [6, 6.07) is 3.85. The van der Waals surface area contributed by atoms with E-state index in [4.69, 9.17) is 5.73 Å². The lowest BCUT2D eigenvalue weighted by Gasteiger charge is -2.20. The lowest BCUT2D eigenvalue weighted by Crippen LogP contribution is -2.38. The molecule has 1 aromatic heterocycles. The van der Waals surface area contributed by atoms with E-state index in [1.54, 1.807) is 0 Å². The highest BCUT2D eigenvalue weighted by molar-refractivity contribution is 5.78. The van der Waals surface area contributed by atoms with Crippen molar-refractivity contribution in [2.24, 2.45) is 11.7 Å². The molecule has 0 saturated heterocycles. The number of nitrogens with two attached hydrogens (primary N) is 1. The molecule has 20 heavy (non-hydrogen) atoms. The van der Waals surface area contributed by atoms with Gasteiger partial charge in [0.25, 0.3) is 0 Å². The molecule has 1 heterocycles. The van der Waals surface area contributed by atoms with Crippen LogP contribution in [0.1, 0.15) is 33.3 Å². The fourth-order valence-corrected chi connectivity index (χ4v) is 1.84. The van der Waals surface area contributed by atoms with E-state index in [2.05, 4.69) is 29.0 Å². The SMILES string of the molecule is CCN(CC)c1ccc(CNC(=O)C(C)C(C)N)cn1. The molecule has 2 unspecified atom stereocenters. The fraction of sp³-hybridized carbons (Fsp3) is 0.600. The monoisotopic (exact) mass is 278 g/mol. The first-order valence-electron chi connectivity index (χ1n) is 7.22. The number of aromatic nitrogens is 1. The van der Waals surface area contributed by atoms with Crippen molar-refractivity contribution in [2.75, 3.05) is 18.0 Å². The highest BCUT2D eigenvalue weighted by Crippen LogP contribution is 2.11. The summed E-state index contributed by atoms with van der Waals surface area (Å²) in [5.41, 5.74) is 6.70. The molecule has 2 atom stereocenters. The first-order valence-corrected chi connectivity index (χ1v) is 7.22. The van der Waals surface area contributed by atoms with Crippen LogP contribution in [0.5, 0.6) is 0 Å². The minimum Gasteiger partial charge on any atom is -0.357 e. The Morgan fingerprint density at radius 3 is 2.45 bits per heavy atom. The van der Waals surface area contributed by atoms with E-state index >= 15 is 0 Å². The van der Waals surface area contributed by atoms with Gasteiger partial charge in [-0.3, -0.25) is 4.79 Å². The zero-order chi connectivity index (χ0) is 15.1. The summed E-state index contributed by atoms with van der Waals surface area (Å²) in [6.45, 7) is 10.2. The second-order valence-electron chi connectivity index (χ2n) is 5.06. The van der Waals surface area contributed by atoms with Crippen LogP contribution in [0.25, 0.3) is 0 Å². The van der Waals surface area contributed by atoms with Crippen molar-refractivity contribution in [3.05, 3.63) is 23.9 Å². The highest BCUT2D eigenvalue weighted by Gasteiger charge is 2.16. The number of pyridine rings is 1.